The normalized spacial score (nSPS) is 13.3. The molecule has 0 saturated carbocycles. The Hall–Kier alpha value is -1.19. The van der Waals surface area contributed by atoms with Crippen LogP contribution >= 0.6 is 0 Å². The highest BCUT2D eigenvalue weighted by Crippen LogP contribution is 2.23. The maximum absolute atomic E-state index is 12.9. The lowest BCUT2D eigenvalue weighted by Crippen LogP contribution is -2.35. The smallest absolute Gasteiger partial charge is 0.316 e. The van der Waals surface area contributed by atoms with E-state index in [-0.39, 0.29) is 18.2 Å². The Kier molecular flexibility index (Phi) is 13.5. The standard InChI is InChI=1S/C20H36O4/c1-5-9-12-15-18(21)16(13-10-6-2)19(22)17(14-11-7-3)20(23)24-8-4/h16-17H,5-15H2,1-4H3/t16-,17+/m1/s1. The van der Waals surface area contributed by atoms with Crippen molar-refractivity contribution in [2.75, 3.05) is 6.61 Å². The molecule has 0 amide bonds. The van der Waals surface area contributed by atoms with Crippen molar-refractivity contribution in [3.05, 3.63) is 0 Å². The Morgan fingerprint density at radius 1 is 0.750 bits per heavy atom. The average molecular weight is 341 g/mol. The fraction of sp³-hybridized carbons (Fsp3) is 0.850. The van der Waals surface area contributed by atoms with Gasteiger partial charge in [0.05, 0.1) is 12.5 Å². The molecule has 0 aliphatic rings. The largest absolute Gasteiger partial charge is 0.465 e. The van der Waals surface area contributed by atoms with Gasteiger partial charge in [0, 0.05) is 6.42 Å². The van der Waals surface area contributed by atoms with E-state index >= 15 is 0 Å². The molecule has 0 aromatic heterocycles. The van der Waals surface area contributed by atoms with Crippen LogP contribution in [0.5, 0.6) is 0 Å². The van der Waals surface area contributed by atoms with Gasteiger partial charge in [-0.1, -0.05) is 59.3 Å². The zero-order valence-corrected chi connectivity index (χ0v) is 16.1. The molecule has 0 spiro atoms. The molecular weight excluding hydrogens is 304 g/mol. The number of hydrogen-bond donors (Lipinski definition) is 0. The highest BCUT2D eigenvalue weighted by Gasteiger charge is 2.35. The second-order valence-electron chi connectivity index (χ2n) is 6.47. The molecule has 4 nitrogen and oxygen atoms in total. The molecule has 0 aromatic carbocycles. The summed E-state index contributed by atoms with van der Waals surface area (Å²) >= 11 is 0. The number of ether oxygens (including phenoxy) is 1. The monoisotopic (exact) mass is 340 g/mol. The van der Waals surface area contributed by atoms with Crippen LogP contribution in [0.15, 0.2) is 0 Å². The van der Waals surface area contributed by atoms with Crippen LogP contribution in [-0.2, 0) is 19.1 Å². The predicted molar refractivity (Wildman–Crippen MR) is 96.8 cm³/mol. The zero-order chi connectivity index (χ0) is 18.4. The first kappa shape index (κ1) is 22.8. The molecule has 0 aliphatic heterocycles. The van der Waals surface area contributed by atoms with Crippen LogP contribution in [0, 0.1) is 11.8 Å². The zero-order valence-electron chi connectivity index (χ0n) is 16.1. The van der Waals surface area contributed by atoms with Gasteiger partial charge in [0.1, 0.15) is 11.7 Å². The van der Waals surface area contributed by atoms with Gasteiger partial charge in [-0.05, 0) is 26.2 Å². The molecule has 0 aliphatic carbocycles. The van der Waals surface area contributed by atoms with Crippen LogP contribution in [0.4, 0.5) is 0 Å². The summed E-state index contributed by atoms with van der Waals surface area (Å²) in [6.07, 6.45) is 7.82. The van der Waals surface area contributed by atoms with Crippen LogP contribution in [0.1, 0.15) is 91.9 Å². The van der Waals surface area contributed by atoms with Gasteiger partial charge in [-0.25, -0.2) is 0 Å². The lowest BCUT2D eigenvalue weighted by molar-refractivity contribution is -0.153. The maximum atomic E-state index is 12.9. The minimum Gasteiger partial charge on any atom is -0.465 e. The number of hydrogen-bond acceptors (Lipinski definition) is 4. The molecule has 0 rings (SSSR count). The number of rotatable bonds is 15. The third-order valence-corrected chi connectivity index (χ3v) is 4.37. The third kappa shape index (κ3) is 8.60. The molecule has 0 saturated heterocycles. The summed E-state index contributed by atoms with van der Waals surface area (Å²) in [5.41, 5.74) is 0. The Labute approximate surface area is 147 Å². The van der Waals surface area contributed by atoms with E-state index < -0.39 is 17.8 Å². The van der Waals surface area contributed by atoms with Crippen LogP contribution in [0.25, 0.3) is 0 Å². The molecule has 0 unspecified atom stereocenters. The van der Waals surface area contributed by atoms with Gasteiger partial charge in [-0.2, -0.15) is 0 Å². The predicted octanol–water partition coefficient (Wildman–Crippen LogP) is 4.88. The molecule has 0 radical (unpaired) electrons. The highest BCUT2D eigenvalue weighted by atomic mass is 16.5. The number of carbonyl (C=O) groups is 3. The first-order chi connectivity index (χ1) is 11.5. The van der Waals surface area contributed by atoms with Gasteiger partial charge >= 0.3 is 5.97 Å². The fourth-order valence-electron chi connectivity index (χ4n) is 2.86. The maximum Gasteiger partial charge on any atom is 0.316 e. The van der Waals surface area contributed by atoms with Gasteiger partial charge < -0.3 is 4.74 Å². The van der Waals surface area contributed by atoms with E-state index in [4.69, 9.17) is 4.74 Å². The topological polar surface area (TPSA) is 60.4 Å². The molecule has 4 heteroatoms. The van der Waals surface area contributed by atoms with Gasteiger partial charge in [0.2, 0.25) is 0 Å². The Balaban J connectivity index is 5.10. The lowest BCUT2D eigenvalue weighted by atomic mass is 9.82. The van der Waals surface area contributed by atoms with Crippen LogP contribution in [0.2, 0.25) is 0 Å². The molecule has 2 atom stereocenters. The summed E-state index contributed by atoms with van der Waals surface area (Å²) < 4.78 is 5.08. The minimum absolute atomic E-state index is 0.00713. The van der Waals surface area contributed by atoms with Crippen LogP contribution in [-0.4, -0.2) is 24.1 Å². The summed E-state index contributed by atoms with van der Waals surface area (Å²) in [6, 6.07) is 0. The summed E-state index contributed by atoms with van der Waals surface area (Å²) in [6.45, 7) is 8.16. The summed E-state index contributed by atoms with van der Waals surface area (Å²) in [7, 11) is 0. The number of carbonyl (C=O) groups excluding carboxylic acids is 3. The molecule has 24 heavy (non-hydrogen) atoms. The minimum atomic E-state index is -0.776. The van der Waals surface area contributed by atoms with Crippen molar-refractivity contribution >= 4 is 17.5 Å². The molecule has 0 fully saturated rings. The average Bonchev–Trinajstić information content (AvgIpc) is 2.56. The number of Topliss-reactive ketones (excluding diaryl/α,β-unsaturated/α-hetero) is 2. The van der Waals surface area contributed by atoms with Crippen molar-refractivity contribution in [3.63, 3.8) is 0 Å². The van der Waals surface area contributed by atoms with E-state index in [1.807, 2.05) is 13.8 Å². The molecule has 0 aromatic rings. The second-order valence-corrected chi connectivity index (χ2v) is 6.47. The van der Waals surface area contributed by atoms with Crippen molar-refractivity contribution in [1.82, 2.24) is 0 Å². The van der Waals surface area contributed by atoms with Crippen LogP contribution in [0.3, 0.4) is 0 Å². The van der Waals surface area contributed by atoms with Crippen molar-refractivity contribution in [2.45, 2.75) is 91.9 Å². The number of unbranched alkanes of at least 4 members (excludes halogenated alkanes) is 4. The first-order valence-electron chi connectivity index (χ1n) is 9.76. The SMILES string of the molecule is CCCCCC(=O)[C@@H](CCCC)C(=O)[C@H](CCCC)C(=O)OCC. The van der Waals surface area contributed by atoms with Gasteiger partial charge in [0.25, 0.3) is 0 Å². The van der Waals surface area contributed by atoms with Crippen molar-refractivity contribution in [2.24, 2.45) is 11.8 Å². The fourth-order valence-corrected chi connectivity index (χ4v) is 2.86. The second kappa shape index (κ2) is 14.2. The van der Waals surface area contributed by atoms with Crippen LogP contribution < -0.4 is 0 Å². The quantitative estimate of drug-likeness (QED) is 0.242. The molecule has 140 valence electrons. The summed E-state index contributed by atoms with van der Waals surface area (Å²) in [4.78, 5) is 37.7. The summed E-state index contributed by atoms with van der Waals surface area (Å²) in [5.74, 6) is -2.07. The number of esters is 1. The Morgan fingerprint density at radius 2 is 1.29 bits per heavy atom. The van der Waals surface area contributed by atoms with Crippen molar-refractivity contribution in [3.8, 4) is 0 Å². The van der Waals surface area contributed by atoms with E-state index in [2.05, 4.69) is 6.92 Å². The van der Waals surface area contributed by atoms with E-state index in [1.165, 1.54) is 0 Å². The third-order valence-electron chi connectivity index (χ3n) is 4.37. The van der Waals surface area contributed by atoms with Crippen molar-refractivity contribution in [1.29, 1.82) is 0 Å². The van der Waals surface area contributed by atoms with Gasteiger partial charge in [0.15, 0.2) is 5.78 Å². The molecule has 0 bridgehead atoms. The highest BCUT2D eigenvalue weighted by molar-refractivity contribution is 6.10. The molecule has 0 heterocycles. The summed E-state index contributed by atoms with van der Waals surface area (Å²) in [5, 5.41) is 0. The molecular formula is C20H36O4. The Morgan fingerprint density at radius 3 is 1.79 bits per heavy atom. The van der Waals surface area contributed by atoms with Crippen molar-refractivity contribution < 1.29 is 19.1 Å². The van der Waals surface area contributed by atoms with Gasteiger partial charge in [-0.15, -0.1) is 0 Å². The van der Waals surface area contributed by atoms with E-state index in [0.717, 1.165) is 44.9 Å². The number of ketones is 2. The Bertz CT molecular complexity index is 376. The van der Waals surface area contributed by atoms with E-state index in [0.29, 0.717) is 19.3 Å². The van der Waals surface area contributed by atoms with E-state index in [9.17, 15) is 14.4 Å². The van der Waals surface area contributed by atoms with E-state index in [1.54, 1.807) is 6.92 Å². The first-order valence-corrected chi connectivity index (χ1v) is 9.76. The van der Waals surface area contributed by atoms with Gasteiger partial charge in [-0.3, -0.25) is 14.4 Å². The molecule has 0 N–H and O–H groups in total. The lowest BCUT2D eigenvalue weighted by Gasteiger charge is -2.20.